The Morgan fingerprint density at radius 3 is 3.00 bits per heavy atom. The second-order valence-corrected chi connectivity index (χ2v) is 7.23. The molecule has 5 heteroatoms. The molecule has 0 saturated carbocycles. The van der Waals surface area contributed by atoms with Crippen molar-refractivity contribution in [3.05, 3.63) is 23.8 Å². The van der Waals surface area contributed by atoms with E-state index in [1.54, 1.807) is 11.8 Å². The molecule has 2 saturated heterocycles. The van der Waals surface area contributed by atoms with Crippen LogP contribution in [0.1, 0.15) is 31.2 Å². The van der Waals surface area contributed by atoms with Gasteiger partial charge in [-0.25, -0.2) is 0 Å². The van der Waals surface area contributed by atoms with E-state index in [9.17, 15) is 0 Å². The number of anilines is 1. The number of hydrogen-bond acceptors (Lipinski definition) is 4. The molecule has 0 amide bonds. The first-order chi connectivity index (χ1) is 10.2. The van der Waals surface area contributed by atoms with Gasteiger partial charge < -0.3 is 16.0 Å². The number of rotatable bonds is 4. The molecule has 0 radical (unpaired) electrons. The second-order valence-electron chi connectivity index (χ2n) is 5.94. The zero-order chi connectivity index (χ0) is 14.8. The number of hydrogen-bond donors (Lipinski definition) is 2. The summed E-state index contributed by atoms with van der Waals surface area (Å²) >= 11 is 6.96. The highest BCUT2D eigenvalue weighted by Gasteiger charge is 2.31. The highest BCUT2D eigenvalue weighted by atomic mass is 32.2. The molecule has 2 atom stereocenters. The summed E-state index contributed by atoms with van der Waals surface area (Å²) in [6, 6.07) is 7.59. The monoisotopic (exact) mass is 321 g/mol. The predicted octanol–water partition coefficient (Wildman–Crippen LogP) is 3.08. The summed E-state index contributed by atoms with van der Waals surface area (Å²) in [5.74, 6) is 0. The molecule has 3 rings (SSSR count). The third-order valence-corrected chi connectivity index (χ3v) is 5.66. The number of piperidine rings is 1. The summed E-state index contributed by atoms with van der Waals surface area (Å²) in [4.78, 5) is 4.29. The lowest BCUT2D eigenvalue weighted by Gasteiger charge is -2.36. The topological polar surface area (TPSA) is 41.3 Å². The second kappa shape index (κ2) is 6.55. The van der Waals surface area contributed by atoms with E-state index < -0.39 is 0 Å². The highest BCUT2D eigenvalue weighted by molar-refractivity contribution is 7.98. The van der Waals surface area contributed by atoms with Crippen LogP contribution in [-0.2, 0) is 0 Å². The molecular weight excluding hydrogens is 298 g/mol. The van der Waals surface area contributed by atoms with Gasteiger partial charge in [0, 0.05) is 34.8 Å². The van der Waals surface area contributed by atoms with Crippen molar-refractivity contribution in [2.45, 2.75) is 42.7 Å². The van der Waals surface area contributed by atoms with Crippen LogP contribution in [0, 0.1) is 0 Å². The summed E-state index contributed by atoms with van der Waals surface area (Å²) < 4.78 is 0. The fraction of sp³-hybridized carbons (Fsp3) is 0.562. The molecule has 2 heterocycles. The lowest BCUT2D eigenvalue weighted by atomic mass is 9.97. The third kappa shape index (κ3) is 3.20. The number of benzene rings is 1. The largest absolute Gasteiger partial charge is 0.389 e. The van der Waals surface area contributed by atoms with Crippen LogP contribution in [0.25, 0.3) is 0 Å². The zero-order valence-electron chi connectivity index (χ0n) is 12.5. The minimum absolute atomic E-state index is 0.487. The van der Waals surface area contributed by atoms with Gasteiger partial charge in [-0.1, -0.05) is 18.3 Å². The first-order valence-corrected chi connectivity index (χ1v) is 9.29. The van der Waals surface area contributed by atoms with Crippen LogP contribution in [0.4, 0.5) is 5.69 Å². The van der Waals surface area contributed by atoms with Crippen molar-refractivity contribution in [3.63, 3.8) is 0 Å². The molecule has 2 aliphatic heterocycles. The van der Waals surface area contributed by atoms with E-state index >= 15 is 0 Å². The summed E-state index contributed by atoms with van der Waals surface area (Å²) in [5.41, 5.74) is 8.06. The van der Waals surface area contributed by atoms with Gasteiger partial charge in [0.2, 0.25) is 0 Å². The van der Waals surface area contributed by atoms with Crippen LogP contribution in [0.5, 0.6) is 0 Å². The van der Waals surface area contributed by atoms with Crippen molar-refractivity contribution >= 4 is 34.7 Å². The van der Waals surface area contributed by atoms with Crippen LogP contribution in [-0.4, -0.2) is 41.3 Å². The maximum Gasteiger partial charge on any atom is 0.107 e. The lowest BCUT2D eigenvalue weighted by molar-refractivity contribution is 0.188. The van der Waals surface area contributed by atoms with Crippen LogP contribution >= 0.6 is 24.0 Å². The molecule has 1 aromatic carbocycles. The minimum atomic E-state index is 0.487. The number of thioether (sulfide) groups is 1. The highest BCUT2D eigenvalue weighted by Crippen LogP contribution is 2.31. The van der Waals surface area contributed by atoms with E-state index in [0.717, 1.165) is 22.2 Å². The van der Waals surface area contributed by atoms with Crippen molar-refractivity contribution in [2.24, 2.45) is 5.73 Å². The average Bonchev–Trinajstić information content (AvgIpc) is 2.94. The molecule has 21 heavy (non-hydrogen) atoms. The smallest absolute Gasteiger partial charge is 0.107 e. The van der Waals surface area contributed by atoms with E-state index in [-0.39, 0.29) is 0 Å². The summed E-state index contributed by atoms with van der Waals surface area (Å²) in [6.45, 7) is 2.50. The number of thiocarbonyl (C=S) groups is 1. The molecule has 0 aliphatic carbocycles. The fourth-order valence-corrected chi connectivity index (χ4v) is 4.57. The first kappa shape index (κ1) is 15.1. The maximum atomic E-state index is 5.95. The fourth-order valence-electron chi connectivity index (χ4n) is 3.65. The molecule has 3 nitrogen and oxygen atoms in total. The quantitative estimate of drug-likeness (QED) is 0.659. The molecule has 114 valence electrons. The van der Waals surface area contributed by atoms with Crippen molar-refractivity contribution < 1.29 is 0 Å². The van der Waals surface area contributed by atoms with Crippen LogP contribution in [0.3, 0.4) is 0 Å². The molecule has 3 N–H and O–H groups in total. The van der Waals surface area contributed by atoms with Crippen molar-refractivity contribution in [2.75, 3.05) is 24.7 Å². The summed E-state index contributed by atoms with van der Waals surface area (Å²) in [7, 11) is 0. The Bertz CT molecular complexity index is 532. The van der Waals surface area contributed by atoms with Gasteiger partial charge in [0.15, 0.2) is 0 Å². The number of fused-ring (bicyclic) bond motifs is 1. The molecule has 2 aliphatic rings. The lowest BCUT2D eigenvalue weighted by Crippen LogP contribution is -2.43. The van der Waals surface area contributed by atoms with E-state index in [4.69, 9.17) is 18.0 Å². The van der Waals surface area contributed by atoms with Gasteiger partial charge in [0.25, 0.3) is 0 Å². The van der Waals surface area contributed by atoms with Crippen LogP contribution in [0.2, 0.25) is 0 Å². The first-order valence-electron chi connectivity index (χ1n) is 7.66. The van der Waals surface area contributed by atoms with E-state index in [1.165, 1.54) is 38.8 Å². The average molecular weight is 322 g/mol. The summed E-state index contributed by atoms with van der Waals surface area (Å²) in [6.07, 6.45) is 7.22. The third-order valence-electron chi connectivity index (χ3n) is 4.67. The SMILES string of the molecule is CSc1cccc(NC2CCN3CCCC3C2)c1C(N)=S. The standard InChI is InChI=1S/C16H23N3S2/c1-21-14-6-2-5-13(15(14)16(17)20)18-11-7-9-19-8-3-4-12(19)10-11/h2,5-6,11-12,18H,3-4,7-10H2,1H3,(H2,17,20). The molecule has 2 fully saturated rings. The molecular formula is C16H23N3S2. The zero-order valence-corrected chi connectivity index (χ0v) is 14.1. The van der Waals surface area contributed by atoms with Gasteiger partial charge in [0.1, 0.15) is 4.99 Å². The number of nitrogens with two attached hydrogens (primary N) is 1. The van der Waals surface area contributed by atoms with Gasteiger partial charge in [0.05, 0.1) is 0 Å². The molecule has 0 bridgehead atoms. The Labute approximate surface area is 136 Å². The Kier molecular flexibility index (Phi) is 4.72. The van der Waals surface area contributed by atoms with Crippen molar-refractivity contribution in [1.82, 2.24) is 4.90 Å². The Morgan fingerprint density at radius 2 is 2.24 bits per heavy atom. The molecule has 0 aromatic heterocycles. The predicted molar refractivity (Wildman–Crippen MR) is 95.4 cm³/mol. The Hall–Kier alpha value is -0.780. The number of nitrogens with zero attached hydrogens (tertiary/aromatic N) is 1. The molecule has 0 spiro atoms. The van der Waals surface area contributed by atoms with Gasteiger partial charge in [-0.05, 0) is 50.6 Å². The van der Waals surface area contributed by atoms with Gasteiger partial charge in [-0.2, -0.15) is 0 Å². The van der Waals surface area contributed by atoms with Gasteiger partial charge in [-0.3, -0.25) is 0 Å². The van der Waals surface area contributed by atoms with Gasteiger partial charge >= 0.3 is 0 Å². The van der Waals surface area contributed by atoms with E-state index in [0.29, 0.717) is 11.0 Å². The van der Waals surface area contributed by atoms with Crippen LogP contribution < -0.4 is 11.1 Å². The normalized spacial score (nSPS) is 25.6. The Balaban J connectivity index is 1.77. The van der Waals surface area contributed by atoms with Crippen molar-refractivity contribution in [1.29, 1.82) is 0 Å². The van der Waals surface area contributed by atoms with Crippen molar-refractivity contribution in [3.8, 4) is 0 Å². The maximum absolute atomic E-state index is 5.95. The van der Waals surface area contributed by atoms with Gasteiger partial charge in [-0.15, -0.1) is 11.8 Å². The van der Waals surface area contributed by atoms with E-state index in [1.807, 2.05) is 0 Å². The molecule has 2 unspecified atom stereocenters. The molecule has 1 aromatic rings. The minimum Gasteiger partial charge on any atom is -0.389 e. The number of nitrogens with one attached hydrogen (secondary N) is 1. The van der Waals surface area contributed by atoms with Crippen LogP contribution in [0.15, 0.2) is 23.1 Å². The van der Waals surface area contributed by atoms with E-state index in [2.05, 4.69) is 34.7 Å². The summed E-state index contributed by atoms with van der Waals surface area (Å²) in [5, 5.41) is 3.71. The Morgan fingerprint density at radius 1 is 1.38 bits per heavy atom.